The van der Waals surface area contributed by atoms with Crippen LogP contribution in [0.25, 0.3) is 0 Å². The summed E-state index contributed by atoms with van der Waals surface area (Å²) in [6, 6.07) is -3.12. The Kier molecular flexibility index (Phi) is 14.6. The van der Waals surface area contributed by atoms with Crippen LogP contribution in [-0.4, -0.2) is 183 Å². The Morgan fingerprint density at radius 1 is 0.864 bits per heavy atom. The maximum absolute atomic E-state index is 12.2. The second-order valence-electron chi connectivity index (χ2n) is 10.1. The number of hydrogen-bond acceptors (Lipinski definition) is 18. The van der Waals surface area contributed by atoms with Gasteiger partial charge in [-0.15, -0.1) is 0 Å². The van der Waals surface area contributed by atoms with Crippen molar-refractivity contribution in [1.82, 2.24) is 10.6 Å². The average molecular weight is 669 g/mol. The fraction of sp³-hybridized carbons (Fsp3) is 0.909. The van der Waals surface area contributed by atoms with Gasteiger partial charge in [-0.25, -0.2) is 4.18 Å². The summed E-state index contributed by atoms with van der Waals surface area (Å²) < 4.78 is 57.3. The van der Waals surface area contributed by atoms with E-state index in [9.17, 15) is 64.0 Å². The predicted molar refractivity (Wildman–Crippen MR) is 137 cm³/mol. The molecule has 2 heterocycles. The van der Waals surface area contributed by atoms with E-state index >= 15 is 0 Å². The fourth-order valence-electron chi connectivity index (χ4n) is 4.60. The second-order valence-corrected chi connectivity index (χ2v) is 11.2. The van der Waals surface area contributed by atoms with Crippen molar-refractivity contribution >= 4 is 22.2 Å². The number of aliphatic hydroxyl groups is 9. The lowest BCUT2D eigenvalue weighted by molar-refractivity contribution is -0.350. The van der Waals surface area contributed by atoms with Gasteiger partial charge in [0, 0.05) is 13.8 Å². The molecule has 0 spiro atoms. The molecule has 258 valence electrons. The molecule has 0 aromatic carbocycles. The minimum atomic E-state index is -5.04. The van der Waals surface area contributed by atoms with Crippen molar-refractivity contribution in [2.75, 3.05) is 26.4 Å². The molecule has 0 unspecified atom stereocenters. The molecule has 0 saturated carbocycles. The molecular weight excluding hydrogens is 628 g/mol. The number of rotatable bonds is 15. The first-order valence-electron chi connectivity index (χ1n) is 13.1. The van der Waals surface area contributed by atoms with E-state index in [0.29, 0.717) is 0 Å². The lowest BCUT2D eigenvalue weighted by Gasteiger charge is -2.48. The molecule has 2 aliphatic heterocycles. The van der Waals surface area contributed by atoms with E-state index in [2.05, 4.69) is 14.8 Å². The zero-order chi connectivity index (χ0) is 33.5. The van der Waals surface area contributed by atoms with E-state index in [4.69, 9.17) is 23.5 Å². The van der Waals surface area contributed by atoms with Crippen LogP contribution in [0.2, 0.25) is 0 Å². The third-order valence-corrected chi connectivity index (χ3v) is 7.19. The molecule has 0 bridgehead atoms. The van der Waals surface area contributed by atoms with Crippen LogP contribution in [0.5, 0.6) is 0 Å². The smallest absolute Gasteiger partial charge is 0.394 e. The molecule has 2 rings (SSSR count). The lowest BCUT2D eigenvalue weighted by atomic mass is 9.94. The van der Waals surface area contributed by atoms with Gasteiger partial charge in [-0.2, -0.15) is 8.42 Å². The van der Waals surface area contributed by atoms with Gasteiger partial charge in [-0.1, -0.05) is 0 Å². The van der Waals surface area contributed by atoms with Crippen LogP contribution in [0.3, 0.4) is 0 Å². The summed E-state index contributed by atoms with van der Waals surface area (Å²) in [4.78, 5) is 23.9. The van der Waals surface area contributed by atoms with Crippen molar-refractivity contribution in [2.24, 2.45) is 0 Å². The van der Waals surface area contributed by atoms with Crippen molar-refractivity contribution in [3.63, 3.8) is 0 Å². The van der Waals surface area contributed by atoms with Crippen LogP contribution in [0.1, 0.15) is 13.8 Å². The summed E-state index contributed by atoms with van der Waals surface area (Å²) in [6.45, 7) is -1.82. The average Bonchev–Trinajstić information content (AvgIpc) is 2.95. The number of hydrogen-bond donors (Lipinski definition) is 12. The molecule has 0 aromatic rings. The largest absolute Gasteiger partial charge is 0.397 e. The van der Waals surface area contributed by atoms with Gasteiger partial charge in [0.15, 0.2) is 12.6 Å². The van der Waals surface area contributed by atoms with Gasteiger partial charge in [0.1, 0.15) is 67.1 Å². The number of carbonyl (C=O) groups is 2. The third-order valence-electron chi connectivity index (χ3n) is 6.76. The third kappa shape index (κ3) is 10.1. The summed E-state index contributed by atoms with van der Waals surface area (Å²) in [5, 5.41) is 96.4. The molecule has 2 saturated heterocycles. The molecular formula is C22H40N2O19S. The molecule has 0 aliphatic carbocycles. The summed E-state index contributed by atoms with van der Waals surface area (Å²) in [5.41, 5.74) is 0. The van der Waals surface area contributed by atoms with E-state index < -0.39 is 134 Å². The SMILES string of the molecule is CC(=O)N[C@H]1[C@H](O[C@@H]([C@@H](O)[C@H](O)CO)[C@H](CO)NC(C)=O)O[C@H](CO)[C@@H](O)[C@@H]1O[C@@H]1O[C@H](COS(=O)(=O)O)[C@H](O)[C@H](O)[C@H]1O. The van der Waals surface area contributed by atoms with Crippen LogP contribution < -0.4 is 10.6 Å². The molecule has 14 atom stereocenters. The van der Waals surface area contributed by atoms with E-state index in [-0.39, 0.29) is 0 Å². The monoisotopic (exact) mass is 668 g/mol. The Balaban J connectivity index is 2.48. The number of carbonyl (C=O) groups excluding carboxylic acids is 2. The maximum Gasteiger partial charge on any atom is 0.397 e. The number of aliphatic hydroxyl groups excluding tert-OH is 9. The lowest BCUT2D eigenvalue weighted by Crippen LogP contribution is -2.69. The minimum Gasteiger partial charge on any atom is -0.394 e. The standard InChI is InChI=1S/C22H40N2O19S/c1-7(28)23-9(3-25)19(14(31)10(30)4-26)42-21-13(24-8(2)29)20(16(33)11(5-27)40-21)43-22-18(35)17(34)15(32)12(41-22)6-39-44(36,37)38/h9-22,25-27,30-35H,3-6H2,1-2H3,(H,23,28)(H,24,29)(H,36,37,38)/t9-,10+,11+,12+,13+,14-,15-,16+,17-,18+,19+,20+,21-,22-/m0/s1. The van der Waals surface area contributed by atoms with Crippen molar-refractivity contribution in [3.05, 3.63) is 0 Å². The van der Waals surface area contributed by atoms with Gasteiger partial charge in [-0.3, -0.25) is 14.1 Å². The molecule has 2 fully saturated rings. The summed E-state index contributed by atoms with van der Waals surface area (Å²) >= 11 is 0. The number of nitrogens with one attached hydrogen (secondary N) is 2. The van der Waals surface area contributed by atoms with Crippen molar-refractivity contribution in [1.29, 1.82) is 0 Å². The summed E-state index contributed by atoms with van der Waals surface area (Å²) in [7, 11) is -5.04. The van der Waals surface area contributed by atoms with Gasteiger partial charge < -0.3 is 75.5 Å². The molecule has 22 heteroatoms. The van der Waals surface area contributed by atoms with Crippen LogP contribution in [0.15, 0.2) is 0 Å². The summed E-state index contributed by atoms with van der Waals surface area (Å²) in [6.07, 6.45) is -22.7. The van der Waals surface area contributed by atoms with Crippen LogP contribution in [-0.2, 0) is 43.1 Å². The Morgan fingerprint density at radius 2 is 1.48 bits per heavy atom. The van der Waals surface area contributed by atoms with E-state index in [1.54, 1.807) is 0 Å². The zero-order valence-corrected chi connectivity index (χ0v) is 24.3. The zero-order valence-electron chi connectivity index (χ0n) is 23.5. The highest BCUT2D eigenvalue weighted by atomic mass is 32.3. The quantitative estimate of drug-likeness (QED) is 0.0721. The van der Waals surface area contributed by atoms with E-state index in [1.165, 1.54) is 0 Å². The number of amides is 2. The Bertz CT molecular complexity index is 1040. The number of ether oxygens (including phenoxy) is 4. The Labute approximate surface area is 250 Å². The second kappa shape index (κ2) is 16.7. The fourth-order valence-corrected chi connectivity index (χ4v) is 4.90. The predicted octanol–water partition coefficient (Wildman–Crippen LogP) is -7.82. The minimum absolute atomic E-state index is 0.715. The topological polar surface area (TPSA) is 341 Å². The van der Waals surface area contributed by atoms with Crippen LogP contribution >= 0.6 is 0 Å². The highest BCUT2D eigenvalue weighted by Gasteiger charge is 2.53. The maximum atomic E-state index is 12.2. The van der Waals surface area contributed by atoms with Gasteiger partial charge in [0.2, 0.25) is 11.8 Å². The first-order chi connectivity index (χ1) is 20.4. The van der Waals surface area contributed by atoms with Gasteiger partial charge in [0.25, 0.3) is 0 Å². The van der Waals surface area contributed by atoms with Gasteiger partial charge >= 0.3 is 10.4 Å². The molecule has 12 N–H and O–H groups in total. The molecule has 44 heavy (non-hydrogen) atoms. The highest BCUT2D eigenvalue weighted by molar-refractivity contribution is 7.80. The van der Waals surface area contributed by atoms with E-state index in [1.807, 2.05) is 0 Å². The Hall–Kier alpha value is -1.71. The normalized spacial score (nSPS) is 35.7. The molecule has 2 aliphatic rings. The van der Waals surface area contributed by atoms with Crippen molar-refractivity contribution in [3.8, 4) is 0 Å². The van der Waals surface area contributed by atoms with Crippen LogP contribution in [0, 0.1) is 0 Å². The van der Waals surface area contributed by atoms with Crippen molar-refractivity contribution in [2.45, 2.75) is 99.6 Å². The first kappa shape index (κ1) is 38.5. The van der Waals surface area contributed by atoms with Crippen molar-refractivity contribution < 1.29 is 91.6 Å². The molecule has 0 aromatic heterocycles. The van der Waals surface area contributed by atoms with Crippen LogP contribution in [0.4, 0.5) is 0 Å². The Morgan fingerprint density at radius 3 is 1.98 bits per heavy atom. The highest BCUT2D eigenvalue weighted by Crippen LogP contribution is 2.31. The molecule has 2 amide bonds. The first-order valence-corrected chi connectivity index (χ1v) is 14.5. The van der Waals surface area contributed by atoms with E-state index in [0.717, 1.165) is 13.8 Å². The van der Waals surface area contributed by atoms with Gasteiger partial charge in [-0.05, 0) is 0 Å². The molecule has 0 radical (unpaired) electrons. The molecule has 21 nitrogen and oxygen atoms in total. The van der Waals surface area contributed by atoms with Gasteiger partial charge in [0.05, 0.1) is 32.5 Å². The summed E-state index contributed by atoms with van der Waals surface area (Å²) in [5.74, 6) is -1.52.